The molecule has 22 heavy (non-hydrogen) atoms. The lowest BCUT2D eigenvalue weighted by Crippen LogP contribution is -2.44. The summed E-state index contributed by atoms with van der Waals surface area (Å²) in [5.41, 5.74) is 1.25. The number of aryl methyl sites for hydroxylation is 2. The average Bonchev–Trinajstić information content (AvgIpc) is 2.88. The van der Waals surface area contributed by atoms with Gasteiger partial charge in [-0.3, -0.25) is 4.99 Å². The minimum absolute atomic E-state index is 0.598. The topological polar surface area (TPSA) is 49.3 Å². The molecule has 0 radical (unpaired) electrons. The first-order valence-electron chi connectivity index (χ1n) is 8.73. The van der Waals surface area contributed by atoms with E-state index in [9.17, 15) is 0 Å². The number of nitrogens with zero attached hydrogens (tertiary/aromatic N) is 2. The Morgan fingerprint density at radius 1 is 1.27 bits per heavy atom. The molecule has 124 valence electrons. The molecule has 1 aromatic rings. The van der Waals surface area contributed by atoms with Crippen LogP contribution in [-0.2, 0) is 12.8 Å². The minimum atomic E-state index is 0.598. The standard InChI is InChI=1S/C17H30N4S/c1-4-15-13(3)22-16(21-15)11-12-19-17(18-5-2)20-14-9-7-6-8-10-14/h14H,4-12H2,1-3H3,(H2,18,19,20). The summed E-state index contributed by atoms with van der Waals surface area (Å²) < 4.78 is 0. The first-order chi connectivity index (χ1) is 10.7. The Kier molecular flexibility index (Phi) is 7.16. The number of thiazole rings is 1. The Hall–Kier alpha value is -1.10. The molecule has 0 saturated heterocycles. The maximum atomic E-state index is 4.73. The van der Waals surface area contributed by atoms with Crippen LogP contribution in [0.25, 0.3) is 0 Å². The van der Waals surface area contributed by atoms with Gasteiger partial charge in [0.2, 0.25) is 0 Å². The van der Waals surface area contributed by atoms with Gasteiger partial charge in [-0.15, -0.1) is 11.3 Å². The summed E-state index contributed by atoms with van der Waals surface area (Å²) in [6.45, 7) is 8.17. The van der Waals surface area contributed by atoms with Crippen LogP contribution < -0.4 is 10.6 Å². The molecule has 0 spiro atoms. The Morgan fingerprint density at radius 3 is 2.68 bits per heavy atom. The van der Waals surface area contributed by atoms with E-state index in [4.69, 9.17) is 9.98 Å². The zero-order valence-electron chi connectivity index (χ0n) is 14.2. The molecule has 1 aliphatic carbocycles. The Bertz CT molecular complexity index is 475. The van der Waals surface area contributed by atoms with Crippen LogP contribution in [0.4, 0.5) is 0 Å². The zero-order chi connectivity index (χ0) is 15.8. The summed E-state index contributed by atoms with van der Waals surface area (Å²) >= 11 is 1.82. The summed E-state index contributed by atoms with van der Waals surface area (Å²) in [7, 11) is 0. The van der Waals surface area contributed by atoms with Crippen LogP contribution in [0, 0.1) is 6.92 Å². The minimum Gasteiger partial charge on any atom is -0.357 e. The van der Waals surface area contributed by atoms with Crippen LogP contribution in [0.2, 0.25) is 0 Å². The van der Waals surface area contributed by atoms with Crippen molar-refractivity contribution in [3.63, 3.8) is 0 Å². The number of aliphatic imine (C=N–C) groups is 1. The number of rotatable bonds is 6. The van der Waals surface area contributed by atoms with E-state index in [0.717, 1.165) is 31.9 Å². The Morgan fingerprint density at radius 2 is 2.05 bits per heavy atom. The molecule has 2 rings (SSSR count). The molecule has 5 heteroatoms. The quantitative estimate of drug-likeness (QED) is 0.623. The van der Waals surface area contributed by atoms with E-state index >= 15 is 0 Å². The number of hydrogen-bond acceptors (Lipinski definition) is 3. The van der Waals surface area contributed by atoms with Crippen molar-refractivity contribution in [3.05, 3.63) is 15.6 Å². The second kappa shape index (κ2) is 9.13. The van der Waals surface area contributed by atoms with Crippen molar-refractivity contribution in [2.45, 2.75) is 71.8 Å². The van der Waals surface area contributed by atoms with E-state index in [1.54, 1.807) is 0 Å². The summed E-state index contributed by atoms with van der Waals surface area (Å²) in [5.74, 6) is 0.971. The SMILES string of the molecule is CCNC(=NCCc1nc(CC)c(C)s1)NC1CCCCC1. The van der Waals surface area contributed by atoms with Gasteiger partial charge < -0.3 is 10.6 Å². The molecule has 1 aromatic heterocycles. The molecule has 0 aliphatic heterocycles. The lowest BCUT2D eigenvalue weighted by atomic mass is 9.96. The molecule has 1 saturated carbocycles. The molecule has 1 heterocycles. The van der Waals surface area contributed by atoms with Crippen molar-refractivity contribution in [2.24, 2.45) is 4.99 Å². The van der Waals surface area contributed by atoms with Gasteiger partial charge in [0.1, 0.15) is 0 Å². The number of hydrogen-bond donors (Lipinski definition) is 2. The van der Waals surface area contributed by atoms with Crippen molar-refractivity contribution in [1.82, 2.24) is 15.6 Å². The highest BCUT2D eigenvalue weighted by Crippen LogP contribution is 2.19. The maximum absolute atomic E-state index is 4.73. The number of guanidine groups is 1. The maximum Gasteiger partial charge on any atom is 0.191 e. The molecule has 1 fully saturated rings. The smallest absolute Gasteiger partial charge is 0.191 e. The van der Waals surface area contributed by atoms with E-state index in [0.29, 0.717) is 6.04 Å². The fourth-order valence-electron chi connectivity index (χ4n) is 2.95. The van der Waals surface area contributed by atoms with Crippen molar-refractivity contribution in [2.75, 3.05) is 13.1 Å². The van der Waals surface area contributed by atoms with Crippen LogP contribution in [0.5, 0.6) is 0 Å². The van der Waals surface area contributed by atoms with Crippen LogP contribution in [0.15, 0.2) is 4.99 Å². The van der Waals surface area contributed by atoms with Crippen LogP contribution in [-0.4, -0.2) is 30.1 Å². The highest BCUT2D eigenvalue weighted by molar-refractivity contribution is 7.11. The van der Waals surface area contributed by atoms with Gasteiger partial charge in [0.25, 0.3) is 0 Å². The summed E-state index contributed by atoms with van der Waals surface area (Å²) in [5, 5.41) is 8.17. The van der Waals surface area contributed by atoms with Gasteiger partial charge in [-0.05, 0) is 33.1 Å². The molecule has 2 N–H and O–H groups in total. The van der Waals surface area contributed by atoms with Crippen molar-refractivity contribution >= 4 is 17.3 Å². The average molecular weight is 323 g/mol. The third kappa shape index (κ3) is 5.27. The fourth-order valence-corrected chi connectivity index (χ4v) is 3.96. The van der Waals surface area contributed by atoms with Gasteiger partial charge in [-0.25, -0.2) is 4.98 Å². The molecule has 0 unspecified atom stereocenters. The predicted octanol–water partition coefficient (Wildman–Crippen LogP) is 3.44. The number of aromatic nitrogens is 1. The summed E-state index contributed by atoms with van der Waals surface area (Å²) in [6, 6.07) is 0.598. The van der Waals surface area contributed by atoms with Gasteiger partial charge in [-0.2, -0.15) is 0 Å². The lowest BCUT2D eigenvalue weighted by molar-refractivity contribution is 0.410. The van der Waals surface area contributed by atoms with Gasteiger partial charge in [-0.1, -0.05) is 26.2 Å². The monoisotopic (exact) mass is 322 g/mol. The van der Waals surface area contributed by atoms with Crippen molar-refractivity contribution in [3.8, 4) is 0 Å². The fraction of sp³-hybridized carbons (Fsp3) is 0.765. The second-order valence-electron chi connectivity index (χ2n) is 5.95. The van der Waals surface area contributed by atoms with Crippen molar-refractivity contribution in [1.29, 1.82) is 0 Å². The summed E-state index contributed by atoms with van der Waals surface area (Å²) in [6.07, 6.45) is 8.58. The van der Waals surface area contributed by atoms with E-state index in [2.05, 4.69) is 31.4 Å². The molecule has 0 aromatic carbocycles. The molecule has 4 nitrogen and oxygen atoms in total. The van der Waals surface area contributed by atoms with Gasteiger partial charge in [0.05, 0.1) is 10.7 Å². The third-order valence-electron chi connectivity index (χ3n) is 4.16. The highest BCUT2D eigenvalue weighted by Gasteiger charge is 2.14. The first kappa shape index (κ1) is 17.3. The molecular formula is C17H30N4S. The zero-order valence-corrected chi connectivity index (χ0v) is 15.1. The lowest BCUT2D eigenvalue weighted by Gasteiger charge is -2.24. The van der Waals surface area contributed by atoms with Crippen LogP contribution in [0.3, 0.4) is 0 Å². The van der Waals surface area contributed by atoms with E-state index in [-0.39, 0.29) is 0 Å². The van der Waals surface area contributed by atoms with Gasteiger partial charge >= 0.3 is 0 Å². The van der Waals surface area contributed by atoms with E-state index in [1.165, 1.54) is 47.7 Å². The number of nitrogens with one attached hydrogen (secondary N) is 2. The molecule has 0 amide bonds. The molecule has 0 atom stereocenters. The first-order valence-corrected chi connectivity index (χ1v) is 9.54. The largest absolute Gasteiger partial charge is 0.357 e. The molecule has 1 aliphatic rings. The van der Waals surface area contributed by atoms with Crippen LogP contribution >= 0.6 is 11.3 Å². The highest BCUT2D eigenvalue weighted by atomic mass is 32.1. The normalized spacial score (nSPS) is 16.8. The predicted molar refractivity (Wildman–Crippen MR) is 95.9 cm³/mol. The van der Waals surface area contributed by atoms with Gasteiger partial charge in [0, 0.05) is 30.4 Å². The second-order valence-corrected chi connectivity index (χ2v) is 7.24. The molecular weight excluding hydrogens is 292 g/mol. The van der Waals surface area contributed by atoms with E-state index in [1.807, 2.05) is 11.3 Å². The summed E-state index contributed by atoms with van der Waals surface area (Å²) in [4.78, 5) is 10.8. The van der Waals surface area contributed by atoms with E-state index < -0.39 is 0 Å². The van der Waals surface area contributed by atoms with Gasteiger partial charge in [0.15, 0.2) is 5.96 Å². The Balaban J connectivity index is 1.85. The third-order valence-corrected chi connectivity index (χ3v) is 5.23. The van der Waals surface area contributed by atoms with Crippen molar-refractivity contribution < 1.29 is 0 Å². The van der Waals surface area contributed by atoms with Crippen LogP contribution in [0.1, 0.15) is 61.5 Å². The Labute approximate surface area is 138 Å². The molecule has 0 bridgehead atoms.